The van der Waals surface area contributed by atoms with E-state index in [0.29, 0.717) is 11.4 Å². The highest BCUT2D eigenvalue weighted by Crippen LogP contribution is 2.26. The molecule has 0 aliphatic heterocycles. The van der Waals surface area contributed by atoms with E-state index in [4.69, 9.17) is 11.6 Å². The first kappa shape index (κ1) is 16.1. The number of hydrogen-bond acceptors (Lipinski definition) is 3. The minimum Gasteiger partial charge on any atom is -0.478 e. The predicted molar refractivity (Wildman–Crippen MR) is 93.3 cm³/mol. The maximum atomic E-state index is 11.3. The van der Waals surface area contributed by atoms with Crippen LogP contribution in [0.3, 0.4) is 0 Å². The molecule has 0 radical (unpaired) electrons. The number of benzene rings is 1. The molecule has 0 aliphatic carbocycles. The molecule has 0 bridgehead atoms. The van der Waals surface area contributed by atoms with Crippen molar-refractivity contribution in [1.29, 1.82) is 0 Å². The van der Waals surface area contributed by atoms with Crippen molar-refractivity contribution in [3.8, 4) is 11.1 Å². The summed E-state index contributed by atoms with van der Waals surface area (Å²) in [5.41, 5.74) is 3.69. The van der Waals surface area contributed by atoms with E-state index in [2.05, 4.69) is 9.97 Å². The van der Waals surface area contributed by atoms with Gasteiger partial charge in [0, 0.05) is 34.4 Å². The van der Waals surface area contributed by atoms with Gasteiger partial charge in [0.2, 0.25) is 0 Å². The highest BCUT2D eigenvalue weighted by Gasteiger charge is 2.12. The Bertz CT molecular complexity index is 849. The number of halogens is 1. The standard InChI is InChI=1S/C19H15ClN2O2/c20-15-6-4-13(5-7-15)17-11-14(19(23)24)12-22-18(17)9-8-16-3-1-2-10-21-16/h1-7,10-12H,8-9H2,(H,23,24). The van der Waals surface area contributed by atoms with E-state index in [0.717, 1.165) is 28.9 Å². The monoisotopic (exact) mass is 338 g/mol. The Morgan fingerprint density at radius 3 is 2.50 bits per heavy atom. The smallest absolute Gasteiger partial charge is 0.337 e. The summed E-state index contributed by atoms with van der Waals surface area (Å²) in [4.78, 5) is 19.9. The molecule has 2 aromatic heterocycles. The van der Waals surface area contributed by atoms with Crippen LogP contribution >= 0.6 is 11.6 Å². The number of carbonyl (C=O) groups is 1. The summed E-state index contributed by atoms with van der Waals surface area (Å²) in [6.07, 6.45) is 4.57. The van der Waals surface area contributed by atoms with Crippen LogP contribution in [-0.4, -0.2) is 21.0 Å². The molecule has 0 unspecified atom stereocenters. The van der Waals surface area contributed by atoms with Crippen molar-refractivity contribution in [2.75, 3.05) is 0 Å². The lowest BCUT2D eigenvalue weighted by Crippen LogP contribution is -2.03. The molecule has 0 amide bonds. The minimum absolute atomic E-state index is 0.168. The average Bonchev–Trinajstić information content (AvgIpc) is 2.61. The lowest BCUT2D eigenvalue weighted by atomic mass is 9.99. The van der Waals surface area contributed by atoms with Gasteiger partial charge in [0.1, 0.15) is 0 Å². The third-order valence-electron chi connectivity index (χ3n) is 3.72. The Balaban J connectivity index is 1.95. The van der Waals surface area contributed by atoms with Gasteiger partial charge in [-0.1, -0.05) is 29.8 Å². The fraction of sp³-hybridized carbons (Fsp3) is 0.105. The molecule has 0 saturated carbocycles. The summed E-state index contributed by atoms with van der Waals surface area (Å²) in [5.74, 6) is -0.992. The topological polar surface area (TPSA) is 63.1 Å². The Kier molecular flexibility index (Phi) is 4.87. The summed E-state index contributed by atoms with van der Waals surface area (Å²) in [7, 11) is 0. The van der Waals surface area contributed by atoms with Crippen LogP contribution in [0.25, 0.3) is 11.1 Å². The summed E-state index contributed by atoms with van der Waals surface area (Å²) >= 11 is 5.94. The number of nitrogens with zero attached hydrogens (tertiary/aromatic N) is 2. The molecule has 24 heavy (non-hydrogen) atoms. The van der Waals surface area contributed by atoms with Gasteiger partial charge in [-0.05, 0) is 48.7 Å². The average molecular weight is 339 g/mol. The van der Waals surface area contributed by atoms with Gasteiger partial charge >= 0.3 is 5.97 Å². The number of hydrogen-bond donors (Lipinski definition) is 1. The van der Waals surface area contributed by atoms with Gasteiger partial charge in [-0.2, -0.15) is 0 Å². The number of pyridine rings is 2. The molecule has 2 heterocycles. The fourth-order valence-corrected chi connectivity index (χ4v) is 2.61. The molecule has 3 rings (SSSR count). The van der Waals surface area contributed by atoms with Crippen molar-refractivity contribution in [2.45, 2.75) is 12.8 Å². The normalized spacial score (nSPS) is 10.5. The van der Waals surface area contributed by atoms with Gasteiger partial charge in [0.05, 0.1) is 5.56 Å². The number of carboxylic acids is 1. The van der Waals surface area contributed by atoms with Gasteiger partial charge in [0.25, 0.3) is 0 Å². The van der Waals surface area contributed by atoms with Crippen molar-refractivity contribution in [1.82, 2.24) is 9.97 Å². The molecule has 0 fully saturated rings. The first-order valence-corrected chi connectivity index (χ1v) is 7.89. The molecule has 0 saturated heterocycles. The quantitative estimate of drug-likeness (QED) is 0.754. The molecular formula is C19H15ClN2O2. The van der Waals surface area contributed by atoms with Gasteiger partial charge in [0.15, 0.2) is 0 Å². The minimum atomic E-state index is -0.992. The van der Waals surface area contributed by atoms with Crippen LogP contribution in [0.4, 0.5) is 0 Å². The van der Waals surface area contributed by atoms with Crippen molar-refractivity contribution in [3.63, 3.8) is 0 Å². The summed E-state index contributed by atoms with van der Waals surface area (Å²) in [6, 6.07) is 14.8. The van der Waals surface area contributed by atoms with Gasteiger partial charge in [-0.15, -0.1) is 0 Å². The van der Waals surface area contributed by atoms with Gasteiger partial charge < -0.3 is 5.11 Å². The number of aromatic carboxylic acids is 1. The summed E-state index contributed by atoms with van der Waals surface area (Å²) in [6.45, 7) is 0. The van der Waals surface area contributed by atoms with E-state index < -0.39 is 5.97 Å². The molecule has 1 N–H and O–H groups in total. The Hall–Kier alpha value is -2.72. The van der Waals surface area contributed by atoms with Crippen molar-refractivity contribution < 1.29 is 9.90 Å². The molecule has 5 heteroatoms. The summed E-state index contributed by atoms with van der Waals surface area (Å²) in [5, 5.41) is 9.86. The highest BCUT2D eigenvalue weighted by atomic mass is 35.5. The molecule has 120 valence electrons. The maximum Gasteiger partial charge on any atom is 0.337 e. The van der Waals surface area contributed by atoms with E-state index in [9.17, 15) is 9.90 Å². The number of aryl methyl sites for hydroxylation is 2. The zero-order valence-corrected chi connectivity index (χ0v) is 13.6. The van der Waals surface area contributed by atoms with Gasteiger partial charge in [-0.3, -0.25) is 9.97 Å². The van der Waals surface area contributed by atoms with E-state index in [1.807, 2.05) is 30.3 Å². The van der Waals surface area contributed by atoms with E-state index in [1.165, 1.54) is 6.20 Å². The van der Waals surface area contributed by atoms with Crippen molar-refractivity contribution >= 4 is 17.6 Å². The molecule has 0 atom stereocenters. The molecule has 0 aliphatic rings. The molecule has 4 nitrogen and oxygen atoms in total. The van der Waals surface area contributed by atoms with Crippen LogP contribution in [0.15, 0.2) is 60.9 Å². The van der Waals surface area contributed by atoms with Crippen LogP contribution in [0, 0.1) is 0 Å². The third-order valence-corrected chi connectivity index (χ3v) is 3.97. The number of carboxylic acid groups (broad SMARTS) is 1. The Morgan fingerprint density at radius 1 is 1.04 bits per heavy atom. The molecule has 0 spiro atoms. The number of rotatable bonds is 5. The van der Waals surface area contributed by atoms with E-state index >= 15 is 0 Å². The SMILES string of the molecule is O=C(O)c1cnc(CCc2ccccn2)c(-c2ccc(Cl)cc2)c1. The molecule has 3 aromatic rings. The highest BCUT2D eigenvalue weighted by molar-refractivity contribution is 6.30. The van der Waals surface area contributed by atoms with E-state index in [1.54, 1.807) is 24.4 Å². The Labute approximate surface area is 144 Å². The molecule has 1 aromatic carbocycles. The van der Waals surface area contributed by atoms with Crippen LogP contribution in [-0.2, 0) is 12.8 Å². The predicted octanol–water partition coefficient (Wildman–Crippen LogP) is 4.28. The van der Waals surface area contributed by atoms with Crippen molar-refractivity contribution in [2.24, 2.45) is 0 Å². The lowest BCUT2D eigenvalue weighted by molar-refractivity contribution is 0.0696. The van der Waals surface area contributed by atoms with Gasteiger partial charge in [-0.25, -0.2) is 4.79 Å². The largest absolute Gasteiger partial charge is 0.478 e. The van der Waals surface area contributed by atoms with Crippen LogP contribution < -0.4 is 0 Å². The van der Waals surface area contributed by atoms with Crippen molar-refractivity contribution in [3.05, 3.63) is 82.9 Å². The zero-order valence-electron chi connectivity index (χ0n) is 12.8. The van der Waals surface area contributed by atoms with Crippen LogP contribution in [0.2, 0.25) is 5.02 Å². The maximum absolute atomic E-state index is 11.3. The van der Waals surface area contributed by atoms with E-state index in [-0.39, 0.29) is 5.56 Å². The second-order valence-electron chi connectivity index (χ2n) is 5.35. The van der Waals surface area contributed by atoms with Crippen LogP contribution in [0.1, 0.15) is 21.7 Å². The second kappa shape index (κ2) is 7.23. The number of aromatic nitrogens is 2. The van der Waals surface area contributed by atoms with Crippen LogP contribution in [0.5, 0.6) is 0 Å². The fourth-order valence-electron chi connectivity index (χ4n) is 2.48. The second-order valence-corrected chi connectivity index (χ2v) is 5.79. The first-order chi connectivity index (χ1) is 11.6. The first-order valence-electron chi connectivity index (χ1n) is 7.51. The third kappa shape index (κ3) is 3.78. The molecular weight excluding hydrogens is 324 g/mol. The Morgan fingerprint density at radius 2 is 1.83 bits per heavy atom. The summed E-state index contributed by atoms with van der Waals surface area (Å²) < 4.78 is 0. The zero-order chi connectivity index (χ0) is 16.9. The lowest BCUT2D eigenvalue weighted by Gasteiger charge is -2.10.